The van der Waals surface area contributed by atoms with Crippen LogP contribution in [-0.2, 0) is 14.4 Å². The third-order valence-electron chi connectivity index (χ3n) is 4.24. The maximum atomic E-state index is 12.2. The Hall–Kier alpha value is -2.57. The van der Waals surface area contributed by atoms with Gasteiger partial charge in [-0.2, -0.15) is 0 Å². The fourth-order valence-electron chi connectivity index (χ4n) is 2.94. The van der Waals surface area contributed by atoms with Crippen molar-refractivity contribution in [1.82, 2.24) is 10.2 Å². The summed E-state index contributed by atoms with van der Waals surface area (Å²) >= 11 is 0. The highest BCUT2D eigenvalue weighted by Gasteiger charge is 2.38. The van der Waals surface area contributed by atoms with E-state index in [0.717, 1.165) is 5.75 Å². The number of hydrogen-bond acceptors (Lipinski definition) is 4. The van der Waals surface area contributed by atoms with E-state index >= 15 is 0 Å². The van der Waals surface area contributed by atoms with E-state index in [4.69, 9.17) is 9.84 Å². The predicted molar refractivity (Wildman–Crippen MR) is 91.1 cm³/mol. The van der Waals surface area contributed by atoms with E-state index in [2.05, 4.69) is 5.32 Å². The van der Waals surface area contributed by atoms with Gasteiger partial charge in [-0.25, -0.2) is 4.79 Å². The molecule has 0 aromatic heterocycles. The molecule has 0 aliphatic carbocycles. The number of benzene rings is 1. The van der Waals surface area contributed by atoms with Crippen molar-refractivity contribution in [3.8, 4) is 5.75 Å². The zero-order valence-electron chi connectivity index (χ0n) is 14.3. The molecule has 0 radical (unpaired) electrons. The van der Waals surface area contributed by atoms with E-state index in [9.17, 15) is 14.4 Å². The van der Waals surface area contributed by atoms with Crippen LogP contribution in [0.3, 0.4) is 0 Å². The van der Waals surface area contributed by atoms with E-state index < -0.39 is 12.0 Å². The molecule has 0 saturated carbocycles. The summed E-state index contributed by atoms with van der Waals surface area (Å²) in [5.74, 6) is -0.849. The van der Waals surface area contributed by atoms with E-state index in [-0.39, 0.29) is 30.8 Å². The van der Waals surface area contributed by atoms with Crippen molar-refractivity contribution in [3.05, 3.63) is 30.3 Å². The first-order valence-corrected chi connectivity index (χ1v) is 8.47. The van der Waals surface area contributed by atoms with Crippen LogP contribution in [0.4, 0.5) is 0 Å². The lowest BCUT2D eigenvalue weighted by molar-refractivity contribution is -0.149. The highest BCUT2D eigenvalue weighted by atomic mass is 16.5. The molecule has 1 aliphatic heterocycles. The van der Waals surface area contributed by atoms with Crippen LogP contribution in [0.2, 0.25) is 0 Å². The maximum Gasteiger partial charge on any atom is 0.326 e. The van der Waals surface area contributed by atoms with Crippen LogP contribution in [-0.4, -0.2) is 53.0 Å². The van der Waals surface area contributed by atoms with Gasteiger partial charge in [-0.3, -0.25) is 9.59 Å². The van der Waals surface area contributed by atoms with Crippen LogP contribution < -0.4 is 10.1 Å². The predicted octanol–water partition coefficient (Wildman–Crippen LogP) is 1.43. The van der Waals surface area contributed by atoms with Gasteiger partial charge >= 0.3 is 5.97 Å². The molecule has 2 N–H and O–H groups in total. The van der Waals surface area contributed by atoms with Gasteiger partial charge in [-0.05, 0) is 38.3 Å². The SMILES string of the molecule is CC1CCC(C(=O)O)N1C(=O)CNC(=O)CCCOc1ccccc1. The second-order valence-electron chi connectivity index (χ2n) is 6.12. The second-order valence-corrected chi connectivity index (χ2v) is 6.12. The zero-order chi connectivity index (χ0) is 18.2. The van der Waals surface area contributed by atoms with Gasteiger partial charge in [0.15, 0.2) is 0 Å². The van der Waals surface area contributed by atoms with Gasteiger partial charge in [-0.15, -0.1) is 0 Å². The molecule has 1 saturated heterocycles. The molecule has 1 aliphatic rings. The smallest absolute Gasteiger partial charge is 0.326 e. The quantitative estimate of drug-likeness (QED) is 0.693. The minimum atomic E-state index is -0.998. The number of aliphatic carboxylic acids is 1. The number of para-hydroxylation sites is 1. The molecule has 0 spiro atoms. The lowest BCUT2D eigenvalue weighted by atomic mass is 10.2. The maximum absolute atomic E-state index is 12.2. The number of carboxylic acids is 1. The first-order valence-electron chi connectivity index (χ1n) is 8.47. The van der Waals surface area contributed by atoms with Crippen LogP contribution >= 0.6 is 0 Å². The molecule has 1 heterocycles. The number of nitrogens with one attached hydrogen (secondary N) is 1. The molecule has 2 rings (SSSR count). The molecule has 2 atom stereocenters. The normalized spacial score (nSPS) is 19.5. The largest absolute Gasteiger partial charge is 0.494 e. The van der Waals surface area contributed by atoms with Gasteiger partial charge < -0.3 is 20.1 Å². The molecule has 2 amide bonds. The number of likely N-dealkylation sites (tertiary alicyclic amines) is 1. The number of carboxylic acid groups (broad SMARTS) is 1. The van der Waals surface area contributed by atoms with Crippen LogP contribution in [0, 0.1) is 0 Å². The van der Waals surface area contributed by atoms with Crippen molar-refractivity contribution in [1.29, 1.82) is 0 Å². The number of ether oxygens (including phenoxy) is 1. The molecule has 1 aromatic rings. The first-order chi connectivity index (χ1) is 12.0. The summed E-state index contributed by atoms with van der Waals surface area (Å²) in [6, 6.07) is 8.41. The first kappa shape index (κ1) is 18.8. The molecule has 136 valence electrons. The number of carbonyl (C=O) groups excluding carboxylic acids is 2. The van der Waals surface area contributed by atoms with Crippen LogP contribution in [0.15, 0.2) is 30.3 Å². The van der Waals surface area contributed by atoms with Crippen LogP contribution in [0.1, 0.15) is 32.6 Å². The Balaban J connectivity index is 1.67. The molecule has 7 nitrogen and oxygen atoms in total. The third-order valence-corrected chi connectivity index (χ3v) is 4.24. The van der Waals surface area contributed by atoms with Crippen molar-refractivity contribution in [2.75, 3.05) is 13.2 Å². The molecular weight excluding hydrogens is 324 g/mol. The molecule has 2 unspecified atom stereocenters. The summed E-state index contributed by atoms with van der Waals surface area (Å²) < 4.78 is 5.50. The van der Waals surface area contributed by atoms with Gasteiger partial charge in [0.2, 0.25) is 11.8 Å². The topological polar surface area (TPSA) is 95.9 Å². The highest BCUT2D eigenvalue weighted by molar-refractivity contribution is 5.88. The van der Waals surface area contributed by atoms with Gasteiger partial charge in [0, 0.05) is 12.5 Å². The fourth-order valence-corrected chi connectivity index (χ4v) is 2.94. The summed E-state index contributed by atoms with van der Waals surface area (Å²) in [6.45, 7) is 2.06. The number of amides is 2. The van der Waals surface area contributed by atoms with Crippen molar-refractivity contribution in [3.63, 3.8) is 0 Å². The Labute approximate surface area is 147 Å². The standard InChI is InChI=1S/C18H24N2O5/c1-13-9-10-15(18(23)24)20(13)17(22)12-19-16(21)8-5-11-25-14-6-3-2-4-7-14/h2-4,6-7,13,15H,5,8-12H2,1H3,(H,19,21)(H,23,24). The minimum absolute atomic E-state index is 0.121. The lowest BCUT2D eigenvalue weighted by Crippen LogP contribution is -2.48. The highest BCUT2D eigenvalue weighted by Crippen LogP contribution is 2.23. The van der Waals surface area contributed by atoms with Crippen molar-refractivity contribution < 1.29 is 24.2 Å². The molecule has 1 fully saturated rings. The van der Waals surface area contributed by atoms with E-state index in [1.54, 1.807) is 0 Å². The number of nitrogens with zero attached hydrogens (tertiary/aromatic N) is 1. The molecular formula is C18H24N2O5. The monoisotopic (exact) mass is 348 g/mol. The van der Waals surface area contributed by atoms with Crippen molar-refractivity contribution in [2.45, 2.75) is 44.7 Å². The summed E-state index contributed by atoms with van der Waals surface area (Å²) in [5.41, 5.74) is 0. The van der Waals surface area contributed by atoms with E-state index in [1.165, 1.54) is 4.90 Å². The summed E-state index contributed by atoms with van der Waals surface area (Å²) in [7, 11) is 0. The molecule has 1 aromatic carbocycles. The average molecular weight is 348 g/mol. The Morgan fingerprint density at radius 2 is 1.96 bits per heavy atom. The summed E-state index contributed by atoms with van der Waals surface area (Å²) in [4.78, 5) is 36.6. The van der Waals surface area contributed by atoms with E-state index in [1.807, 2.05) is 37.3 Å². The number of hydrogen-bond donors (Lipinski definition) is 2. The van der Waals surface area contributed by atoms with E-state index in [0.29, 0.717) is 25.9 Å². The average Bonchev–Trinajstić information content (AvgIpc) is 2.99. The summed E-state index contributed by atoms with van der Waals surface area (Å²) in [6.07, 6.45) is 1.89. The fraction of sp³-hybridized carbons (Fsp3) is 0.500. The Kier molecular flexibility index (Phi) is 6.80. The zero-order valence-corrected chi connectivity index (χ0v) is 14.3. The number of rotatable bonds is 8. The van der Waals surface area contributed by atoms with Gasteiger partial charge in [0.05, 0.1) is 13.2 Å². The Morgan fingerprint density at radius 3 is 2.64 bits per heavy atom. The molecule has 7 heteroatoms. The van der Waals surface area contributed by atoms with Gasteiger partial charge in [-0.1, -0.05) is 18.2 Å². The van der Waals surface area contributed by atoms with Crippen molar-refractivity contribution >= 4 is 17.8 Å². The molecule has 0 bridgehead atoms. The third kappa shape index (κ3) is 5.48. The summed E-state index contributed by atoms with van der Waals surface area (Å²) in [5, 5.41) is 11.7. The van der Waals surface area contributed by atoms with Crippen LogP contribution in [0.5, 0.6) is 5.75 Å². The number of carbonyl (C=O) groups is 3. The molecule has 25 heavy (non-hydrogen) atoms. The minimum Gasteiger partial charge on any atom is -0.494 e. The Bertz CT molecular complexity index is 605. The van der Waals surface area contributed by atoms with Gasteiger partial charge in [0.1, 0.15) is 11.8 Å². The Morgan fingerprint density at radius 1 is 1.24 bits per heavy atom. The second kappa shape index (κ2) is 9.05. The lowest BCUT2D eigenvalue weighted by Gasteiger charge is -2.26. The van der Waals surface area contributed by atoms with Crippen molar-refractivity contribution in [2.24, 2.45) is 0 Å². The van der Waals surface area contributed by atoms with Gasteiger partial charge in [0.25, 0.3) is 0 Å². The van der Waals surface area contributed by atoms with Crippen LogP contribution in [0.25, 0.3) is 0 Å².